The Bertz CT molecular complexity index is 328. The molecule has 0 heterocycles. The highest BCUT2D eigenvalue weighted by atomic mass is 16.5. The number of hydrogen-bond acceptors (Lipinski definition) is 3. The standard InChI is InChI=1S/C11H15NO4/c1-2-5-16-11(15)12-7-4-3-6-8(7)9(6)10(13)14/h2,6-9H,1,3-5H2,(H,12,15)(H,13,14). The molecular weight excluding hydrogens is 210 g/mol. The van der Waals surface area contributed by atoms with Gasteiger partial charge >= 0.3 is 12.1 Å². The normalized spacial score (nSPS) is 35.0. The van der Waals surface area contributed by atoms with Gasteiger partial charge in [0.25, 0.3) is 0 Å². The van der Waals surface area contributed by atoms with Gasteiger partial charge in [0.15, 0.2) is 0 Å². The second kappa shape index (κ2) is 4.15. The van der Waals surface area contributed by atoms with Crippen LogP contribution in [0.1, 0.15) is 12.8 Å². The van der Waals surface area contributed by atoms with Crippen LogP contribution < -0.4 is 5.32 Å². The number of fused-ring (bicyclic) bond motifs is 1. The van der Waals surface area contributed by atoms with E-state index in [-0.39, 0.29) is 30.4 Å². The third-order valence-corrected chi connectivity index (χ3v) is 3.43. The first-order valence-electron chi connectivity index (χ1n) is 5.42. The summed E-state index contributed by atoms with van der Waals surface area (Å²) in [7, 11) is 0. The summed E-state index contributed by atoms with van der Waals surface area (Å²) < 4.78 is 4.80. The van der Waals surface area contributed by atoms with Crippen LogP contribution in [0, 0.1) is 17.8 Å². The summed E-state index contributed by atoms with van der Waals surface area (Å²) in [5.74, 6) is -0.657. The summed E-state index contributed by atoms with van der Waals surface area (Å²) >= 11 is 0. The average Bonchev–Trinajstić information content (AvgIpc) is 2.85. The van der Waals surface area contributed by atoms with Crippen LogP contribution in [0.15, 0.2) is 12.7 Å². The van der Waals surface area contributed by atoms with Crippen molar-refractivity contribution < 1.29 is 19.4 Å². The zero-order chi connectivity index (χ0) is 11.7. The maximum absolute atomic E-state index is 11.3. The van der Waals surface area contributed by atoms with E-state index in [0.717, 1.165) is 12.8 Å². The van der Waals surface area contributed by atoms with Crippen molar-refractivity contribution in [2.45, 2.75) is 18.9 Å². The molecule has 2 fully saturated rings. The fraction of sp³-hybridized carbons (Fsp3) is 0.636. The molecule has 88 valence electrons. The number of alkyl carbamates (subject to hydrolysis) is 1. The first kappa shape index (κ1) is 11.0. The molecule has 0 aromatic rings. The van der Waals surface area contributed by atoms with Gasteiger partial charge < -0.3 is 15.2 Å². The quantitative estimate of drug-likeness (QED) is 0.700. The predicted molar refractivity (Wildman–Crippen MR) is 55.8 cm³/mol. The van der Waals surface area contributed by atoms with Crippen molar-refractivity contribution in [2.75, 3.05) is 6.61 Å². The zero-order valence-corrected chi connectivity index (χ0v) is 8.89. The van der Waals surface area contributed by atoms with Crippen LogP contribution in [0.5, 0.6) is 0 Å². The lowest BCUT2D eigenvalue weighted by molar-refractivity contribution is -0.139. The van der Waals surface area contributed by atoms with Gasteiger partial charge in [0.2, 0.25) is 0 Å². The van der Waals surface area contributed by atoms with Gasteiger partial charge in [0, 0.05) is 6.04 Å². The minimum absolute atomic E-state index is 0.0385. The topological polar surface area (TPSA) is 75.6 Å². The monoisotopic (exact) mass is 225 g/mol. The Hall–Kier alpha value is -1.52. The Kier molecular flexibility index (Phi) is 2.85. The van der Waals surface area contributed by atoms with Gasteiger partial charge in [-0.05, 0) is 24.7 Å². The number of nitrogens with one attached hydrogen (secondary N) is 1. The Morgan fingerprint density at radius 1 is 1.50 bits per heavy atom. The molecule has 0 bridgehead atoms. The van der Waals surface area contributed by atoms with E-state index in [9.17, 15) is 9.59 Å². The van der Waals surface area contributed by atoms with Crippen LogP contribution in [0.25, 0.3) is 0 Å². The van der Waals surface area contributed by atoms with Crippen LogP contribution >= 0.6 is 0 Å². The van der Waals surface area contributed by atoms with Crippen molar-refractivity contribution in [1.82, 2.24) is 5.32 Å². The van der Waals surface area contributed by atoms with E-state index in [1.807, 2.05) is 0 Å². The molecule has 2 aliphatic carbocycles. The minimum Gasteiger partial charge on any atom is -0.481 e. The summed E-state index contributed by atoms with van der Waals surface area (Å²) in [5, 5.41) is 11.6. The molecule has 4 unspecified atom stereocenters. The molecule has 0 aromatic carbocycles. The molecule has 2 saturated carbocycles. The van der Waals surface area contributed by atoms with Crippen molar-refractivity contribution in [3.8, 4) is 0 Å². The van der Waals surface area contributed by atoms with E-state index in [2.05, 4.69) is 11.9 Å². The molecule has 0 radical (unpaired) electrons. The summed E-state index contributed by atoms with van der Waals surface area (Å²) in [6.45, 7) is 3.62. The molecule has 1 amide bonds. The lowest BCUT2D eigenvalue weighted by Gasteiger charge is -2.14. The average molecular weight is 225 g/mol. The van der Waals surface area contributed by atoms with E-state index in [0.29, 0.717) is 0 Å². The van der Waals surface area contributed by atoms with Crippen LogP contribution in [0.3, 0.4) is 0 Å². The van der Waals surface area contributed by atoms with Crippen molar-refractivity contribution in [3.05, 3.63) is 12.7 Å². The molecule has 5 heteroatoms. The molecule has 0 saturated heterocycles. The van der Waals surface area contributed by atoms with Gasteiger partial charge in [-0.3, -0.25) is 4.79 Å². The van der Waals surface area contributed by atoms with Gasteiger partial charge in [-0.1, -0.05) is 12.7 Å². The van der Waals surface area contributed by atoms with Crippen LogP contribution in [-0.4, -0.2) is 29.8 Å². The van der Waals surface area contributed by atoms with Gasteiger partial charge in [-0.2, -0.15) is 0 Å². The summed E-state index contributed by atoms with van der Waals surface area (Å²) in [5.41, 5.74) is 0. The van der Waals surface area contributed by atoms with E-state index >= 15 is 0 Å². The van der Waals surface area contributed by atoms with Crippen molar-refractivity contribution in [3.63, 3.8) is 0 Å². The molecular formula is C11H15NO4. The number of amides is 1. The van der Waals surface area contributed by atoms with Crippen LogP contribution in [-0.2, 0) is 9.53 Å². The Morgan fingerprint density at radius 2 is 2.25 bits per heavy atom. The highest BCUT2D eigenvalue weighted by molar-refractivity contribution is 5.75. The van der Waals surface area contributed by atoms with Crippen LogP contribution in [0.4, 0.5) is 4.79 Å². The van der Waals surface area contributed by atoms with Gasteiger partial charge in [-0.25, -0.2) is 4.79 Å². The molecule has 2 aliphatic rings. The number of carbonyl (C=O) groups is 2. The van der Waals surface area contributed by atoms with Crippen molar-refractivity contribution in [2.24, 2.45) is 17.8 Å². The van der Waals surface area contributed by atoms with Gasteiger partial charge in [0.1, 0.15) is 6.61 Å². The van der Waals surface area contributed by atoms with E-state index in [1.54, 1.807) is 0 Å². The number of carboxylic acid groups (broad SMARTS) is 1. The Labute approximate surface area is 93.5 Å². The van der Waals surface area contributed by atoms with Crippen LogP contribution in [0.2, 0.25) is 0 Å². The lowest BCUT2D eigenvalue weighted by Crippen LogP contribution is -2.36. The third-order valence-electron chi connectivity index (χ3n) is 3.43. The van der Waals surface area contributed by atoms with Crippen molar-refractivity contribution >= 4 is 12.1 Å². The third kappa shape index (κ3) is 1.89. The molecule has 4 atom stereocenters. The van der Waals surface area contributed by atoms with E-state index < -0.39 is 12.1 Å². The summed E-state index contributed by atoms with van der Waals surface area (Å²) in [4.78, 5) is 22.1. The molecule has 5 nitrogen and oxygen atoms in total. The number of carboxylic acids is 1. The van der Waals surface area contributed by atoms with E-state index in [1.165, 1.54) is 6.08 Å². The molecule has 0 aromatic heterocycles. The fourth-order valence-corrected chi connectivity index (χ4v) is 2.73. The smallest absolute Gasteiger partial charge is 0.407 e. The molecule has 2 rings (SSSR count). The first-order chi connectivity index (χ1) is 7.65. The number of hydrogen-bond donors (Lipinski definition) is 2. The first-order valence-corrected chi connectivity index (χ1v) is 5.42. The number of rotatable bonds is 4. The van der Waals surface area contributed by atoms with E-state index in [4.69, 9.17) is 9.84 Å². The minimum atomic E-state index is -0.749. The molecule has 16 heavy (non-hydrogen) atoms. The summed E-state index contributed by atoms with van der Waals surface area (Å²) in [6, 6.07) is -0.0385. The SMILES string of the molecule is C=CCOC(=O)NC1CCC2C(C(=O)O)C12. The summed E-state index contributed by atoms with van der Waals surface area (Å²) in [6.07, 6.45) is 2.74. The predicted octanol–water partition coefficient (Wildman–Crippen LogP) is 1.01. The maximum Gasteiger partial charge on any atom is 0.407 e. The molecule has 0 aliphatic heterocycles. The maximum atomic E-state index is 11.3. The largest absolute Gasteiger partial charge is 0.481 e. The fourth-order valence-electron chi connectivity index (χ4n) is 2.73. The number of aliphatic carboxylic acids is 1. The second-order valence-electron chi connectivity index (χ2n) is 4.32. The second-order valence-corrected chi connectivity index (χ2v) is 4.32. The van der Waals surface area contributed by atoms with Gasteiger partial charge in [-0.15, -0.1) is 0 Å². The highest BCUT2D eigenvalue weighted by Gasteiger charge is 2.62. The lowest BCUT2D eigenvalue weighted by atomic mass is 10.1. The Morgan fingerprint density at radius 3 is 2.81 bits per heavy atom. The Balaban J connectivity index is 1.81. The number of ether oxygens (including phenoxy) is 1. The number of carbonyl (C=O) groups excluding carboxylic acids is 1. The highest BCUT2D eigenvalue weighted by Crippen LogP contribution is 2.57. The zero-order valence-electron chi connectivity index (χ0n) is 8.89. The molecule has 2 N–H and O–H groups in total. The van der Waals surface area contributed by atoms with Crippen molar-refractivity contribution in [1.29, 1.82) is 0 Å². The molecule has 0 spiro atoms. The van der Waals surface area contributed by atoms with Gasteiger partial charge in [0.05, 0.1) is 5.92 Å².